The van der Waals surface area contributed by atoms with Gasteiger partial charge >= 0.3 is 0 Å². The number of aromatic amines is 1. The number of hydrogen-bond donors (Lipinski definition) is 2. The number of aromatic nitrogens is 4. The predicted molar refractivity (Wildman–Crippen MR) is 72.5 cm³/mol. The van der Waals surface area contributed by atoms with Crippen LogP contribution >= 0.6 is 0 Å². The zero-order chi connectivity index (χ0) is 12.7. The summed E-state index contributed by atoms with van der Waals surface area (Å²) < 4.78 is 0. The monoisotopic (exact) mass is 257 g/mol. The lowest BCUT2D eigenvalue weighted by Gasteiger charge is -2.39. The molecule has 100 valence electrons. The molecule has 0 spiro atoms. The molecule has 2 fully saturated rings. The summed E-state index contributed by atoms with van der Waals surface area (Å²) in [5, 5.41) is 3.79. The highest BCUT2D eigenvalue weighted by molar-refractivity contribution is 5.68. The van der Waals surface area contributed by atoms with E-state index < -0.39 is 0 Å². The Kier molecular flexibility index (Phi) is 2.72. The molecule has 1 aliphatic carbocycles. The normalized spacial score (nSPS) is 31.3. The molecule has 5 nitrogen and oxygen atoms in total. The Morgan fingerprint density at radius 1 is 1.11 bits per heavy atom. The smallest absolute Gasteiger partial charge is 0.180 e. The van der Waals surface area contributed by atoms with Crippen LogP contribution in [0.25, 0.3) is 11.2 Å². The third kappa shape index (κ3) is 2.02. The minimum absolute atomic E-state index is 0.355. The van der Waals surface area contributed by atoms with Gasteiger partial charge in [0.25, 0.3) is 0 Å². The summed E-state index contributed by atoms with van der Waals surface area (Å²) in [6.45, 7) is 0. The zero-order valence-corrected chi connectivity index (χ0v) is 11.0. The fourth-order valence-corrected chi connectivity index (χ4v) is 3.66. The standard InChI is InChI=1S/C14H19N5/c1-2-4-10-9(3-1)5-6-11(17-10)14-18-12-7-15-8-16-13(12)19-14/h7-11,17H,1-6H2,(H,15,16,18,19). The summed E-state index contributed by atoms with van der Waals surface area (Å²) in [6, 6.07) is 1.04. The van der Waals surface area contributed by atoms with Crippen LogP contribution in [0.15, 0.2) is 12.5 Å². The number of piperidine rings is 1. The van der Waals surface area contributed by atoms with E-state index in [1.807, 2.05) is 0 Å². The summed E-state index contributed by atoms with van der Waals surface area (Å²) >= 11 is 0. The topological polar surface area (TPSA) is 66.5 Å². The molecule has 19 heavy (non-hydrogen) atoms. The lowest BCUT2D eigenvalue weighted by molar-refractivity contribution is 0.174. The zero-order valence-electron chi connectivity index (χ0n) is 11.0. The predicted octanol–water partition coefficient (Wildman–Crippen LogP) is 2.34. The van der Waals surface area contributed by atoms with Crippen LogP contribution < -0.4 is 5.32 Å². The van der Waals surface area contributed by atoms with Crippen LogP contribution in [0, 0.1) is 5.92 Å². The molecule has 1 aliphatic heterocycles. The molecule has 0 aromatic carbocycles. The summed E-state index contributed by atoms with van der Waals surface area (Å²) in [4.78, 5) is 16.2. The Hall–Kier alpha value is -1.49. The molecule has 4 rings (SSSR count). The average molecular weight is 257 g/mol. The van der Waals surface area contributed by atoms with Gasteiger partial charge in [-0.25, -0.2) is 15.0 Å². The maximum absolute atomic E-state index is 4.60. The number of H-pyrrole nitrogens is 1. The van der Waals surface area contributed by atoms with E-state index in [9.17, 15) is 0 Å². The Labute approximate surface area is 112 Å². The minimum Gasteiger partial charge on any atom is -0.338 e. The molecule has 2 aromatic heterocycles. The Morgan fingerprint density at radius 3 is 3.00 bits per heavy atom. The van der Waals surface area contributed by atoms with E-state index in [4.69, 9.17) is 0 Å². The first-order chi connectivity index (χ1) is 9.40. The van der Waals surface area contributed by atoms with Gasteiger partial charge in [-0.1, -0.05) is 12.8 Å². The molecular weight excluding hydrogens is 238 g/mol. The maximum Gasteiger partial charge on any atom is 0.180 e. The van der Waals surface area contributed by atoms with Crippen molar-refractivity contribution in [3.63, 3.8) is 0 Å². The van der Waals surface area contributed by atoms with E-state index in [1.54, 1.807) is 12.5 Å². The van der Waals surface area contributed by atoms with Gasteiger partial charge in [0.1, 0.15) is 17.7 Å². The van der Waals surface area contributed by atoms with E-state index in [1.165, 1.54) is 38.5 Å². The van der Waals surface area contributed by atoms with Gasteiger partial charge < -0.3 is 10.3 Å². The van der Waals surface area contributed by atoms with E-state index in [-0.39, 0.29) is 0 Å². The second kappa shape index (κ2) is 4.56. The number of nitrogens with zero attached hydrogens (tertiary/aromatic N) is 3. The van der Waals surface area contributed by atoms with Crippen molar-refractivity contribution in [2.75, 3.05) is 0 Å². The van der Waals surface area contributed by atoms with Crippen molar-refractivity contribution < 1.29 is 0 Å². The molecule has 3 atom stereocenters. The van der Waals surface area contributed by atoms with Crippen LogP contribution in [0.5, 0.6) is 0 Å². The Bertz CT molecular complexity index is 545. The fraction of sp³-hybridized carbons (Fsp3) is 0.643. The molecule has 2 aromatic rings. The van der Waals surface area contributed by atoms with E-state index >= 15 is 0 Å². The van der Waals surface area contributed by atoms with Crippen molar-refractivity contribution in [2.24, 2.45) is 5.92 Å². The van der Waals surface area contributed by atoms with Crippen LogP contribution in [0.4, 0.5) is 0 Å². The van der Waals surface area contributed by atoms with Crippen molar-refractivity contribution in [1.29, 1.82) is 0 Å². The maximum atomic E-state index is 4.60. The van der Waals surface area contributed by atoms with Crippen LogP contribution in [-0.4, -0.2) is 26.0 Å². The summed E-state index contributed by atoms with van der Waals surface area (Å²) in [5.74, 6) is 1.91. The van der Waals surface area contributed by atoms with Gasteiger partial charge in [-0.2, -0.15) is 0 Å². The first-order valence-electron chi connectivity index (χ1n) is 7.32. The van der Waals surface area contributed by atoms with Gasteiger partial charge in [-0.15, -0.1) is 0 Å². The summed E-state index contributed by atoms with van der Waals surface area (Å²) in [7, 11) is 0. The van der Waals surface area contributed by atoms with Crippen molar-refractivity contribution in [3.8, 4) is 0 Å². The van der Waals surface area contributed by atoms with Crippen LogP contribution in [0.1, 0.15) is 50.4 Å². The van der Waals surface area contributed by atoms with Gasteiger partial charge in [-0.3, -0.25) is 0 Å². The molecule has 1 saturated carbocycles. The Morgan fingerprint density at radius 2 is 2.05 bits per heavy atom. The fourth-order valence-electron chi connectivity index (χ4n) is 3.66. The SMILES string of the molecule is c1ncc2[nH]c(C3CCC4CCCCC4N3)nc2n1. The van der Waals surface area contributed by atoms with Crippen LogP contribution in [0.3, 0.4) is 0 Å². The highest BCUT2D eigenvalue weighted by Crippen LogP contribution is 2.36. The van der Waals surface area contributed by atoms with Gasteiger partial charge in [0.05, 0.1) is 12.2 Å². The third-order valence-electron chi connectivity index (χ3n) is 4.66. The molecule has 3 heterocycles. The molecule has 2 N–H and O–H groups in total. The molecule has 5 heteroatoms. The largest absolute Gasteiger partial charge is 0.338 e. The molecule has 3 unspecified atom stereocenters. The molecule has 2 aliphatic rings. The molecular formula is C14H19N5. The number of hydrogen-bond acceptors (Lipinski definition) is 4. The number of fused-ring (bicyclic) bond motifs is 2. The van der Waals surface area contributed by atoms with Gasteiger partial charge in [0.2, 0.25) is 0 Å². The minimum atomic E-state index is 0.355. The molecule has 1 saturated heterocycles. The molecule has 0 bridgehead atoms. The van der Waals surface area contributed by atoms with Crippen molar-refractivity contribution in [2.45, 2.75) is 50.6 Å². The van der Waals surface area contributed by atoms with Gasteiger partial charge in [0, 0.05) is 6.04 Å². The van der Waals surface area contributed by atoms with Gasteiger partial charge in [-0.05, 0) is 31.6 Å². The molecule has 0 amide bonds. The van der Waals surface area contributed by atoms with Crippen LogP contribution in [-0.2, 0) is 0 Å². The number of rotatable bonds is 1. The van der Waals surface area contributed by atoms with Crippen molar-refractivity contribution in [3.05, 3.63) is 18.3 Å². The van der Waals surface area contributed by atoms with Crippen molar-refractivity contribution >= 4 is 11.2 Å². The highest BCUT2D eigenvalue weighted by Gasteiger charge is 2.33. The second-order valence-corrected chi connectivity index (χ2v) is 5.83. The number of nitrogens with one attached hydrogen (secondary N) is 2. The highest BCUT2D eigenvalue weighted by atomic mass is 15.1. The van der Waals surface area contributed by atoms with E-state index in [0.717, 1.165) is 22.9 Å². The van der Waals surface area contributed by atoms with Crippen LogP contribution in [0.2, 0.25) is 0 Å². The number of imidazole rings is 1. The quantitative estimate of drug-likeness (QED) is 0.823. The lowest BCUT2D eigenvalue weighted by Crippen LogP contribution is -2.45. The average Bonchev–Trinajstić information content (AvgIpc) is 2.90. The van der Waals surface area contributed by atoms with E-state index in [0.29, 0.717) is 12.1 Å². The first-order valence-corrected chi connectivity index (χ1v) is 7.32. The van der Waals surface area contributed by atoms with E-state index in [2.05, 4.69) is 25.3 Å². The van der Waals surface area contributed by atoms with Crippen molar-refractivity contribution in [1.82, 2.24) is 25.3 Å². The Balaban J connectivity index is 1.58. The third-order valence-corrected chi connectivity index (χ3v) is 4.66. The lowest BCUT2D eigenvalue weighted by atomic mass is 9.77. The molecule has 0 radical (unpaired) electrons. The second-order valence-electron chi connectivity index (χ2n) is 5.83. The van der Waals surface area contributed by atoms with Gasteiger partial charge in [0.15, 0.2) is 5.65 Å². The summed E-state index contributed by atoms with van der Waals surface area (Å²) in [6.07, 6.45) is 11.3. The summed E-state index contributed by atoms with van der Waals surface area (Å²) in [5.41, 5.74) is 1.71. The first kappa shape index (κ1) is 11.3.